The van der Waals surface area contributed by atoms with Crippen LogP contribution in [0.2, 0.25) is 0 Å². The first-order valence-electron chi connectivity index (χ1n) is 22.1. The molecule has 15 heteroatoms. The monoisotopic (exact) mass is 919 g/mol. The second-order valence-electron chi connectivity index (χ2n) is 17.0. The van der Waals surface area contributed by atoms with Crippen LogP contribution in [0.25, 0.3) is 0 Å². The summed E-state index contributed by atoms with van der Waals surface area (Å²) in [6.45, 7) is 4.63. The molecule has 7 rings (SSSR count). The Labute approximate surface area is 380 Å². The Balaban J connectivity index is 0.806. The molecule has 2 aliphatic carbocycles. The third kappa shape index (κ3) is 12.4. The number of nitrogens with zero attached hydrogens (tertiary/aromatic N) is 1. The molecule has 0 aromatic heterocycles. The maximum absolute atomic E-state index is 13.9. The number of phenolic OH excluding ortho intramolecular Hbond substituents is 1. The minimum absolute atomic E-state index is 0.00146. The summed E-state index contributed by atoms with van der Waals surface area (Å²) in [5, 5.41) is 9.89. The first-order valence-corrected chi connectivity index (χ1v) is 24.5. The molecule has 64 heavy (non-hydrogen) atoms. The number of aromatic hydroxyl groups is 1. The molecule has 2 saturated heterocycles. The van der Waals surface area contributed by atoms with Crippen molar-refractivity contribution in [3.8, 4) is 5.75 Å². The summed E-state index contributed by atoms with van der Waals surface area (Å²) in [7, 11) is 2.83. The molecule has 1 N–H and O–H groups in total. The van der Waals surface area contributed by atoms with Crippen molar-refractivity contribution < 1.29 is 56.7 Å². The van der Waals surface area contributed by atoms with Crippen LogP contribution in [0.15, 0.2) is 96.6 Å². The second-order valence-corrected chi connectivity index (χ2v) is 19.7. The quantitative estimate of drug-likeness (QED) is 0.0427. The highest BCUT2D eigenvalue weighted by Crippen LogP contribution is 2.47. The molecule has 1 amide bonds. The number of phenols is 1. The first kappa shape index (κ1) is 47.0. The molecule has 2 heterocycles. The number of hydrogen-bond donors (Lipinski definition) is 1. The lowest BCUT2D eigenvalue weighted by Crippen LogP contribution is -2.55. The van der Waals surface area contributed by atoms with E-state index in [1.165, 1.54) is 101 Å². The molecule has 9 atom stereocenters. The van der Waals surface area contributed by atoms with Gasteiger partial charge in [0.2, 0.25) is 5.91 Å². The van der Waals surface area contributed by atoms with E-state index in [-0.39, 0.29) is 49.8 Å². The molecule has 0 spiro atoms. The minimum atomic E-state index is -0.923. The lowest BCUT2D eigenvalue weighted by molar-refractivity contribution is -0.161. The van der Waals surface area contributed by atoms with Gasteiger partial charge < -0.3 is 33.7 Å². The number of esters is 1. The van der Waals surface area contributed by atoms with Crippen LogP contribution < -0.4 is 4.90 Å². The van der Waals surface area contributed by atoms with Gasteiger partial charge in [-0.15, -0.1) is 0 Å². The average Bonchev–Trinajstić information content (AvgIpc) is 3.27. The summed E-state index contributed by atoms with van der Waals surface area (Å²) in [5.41, 5.74) is 3.26. The number of carbonyl (C=O) groups excluding carboxylic acids is 4. The molecular weight excluding hydrogens is 865 g/mol. The summed E-state index contributed by atoms with van der Waals surface area (Å²) in [6, 6.07) is 17.3. The van der Waals surface area contributed by atoms with E-state index in [1.54, 1.807) is 17.0 Å². The molecule has 0 saturated carbocycles. The van der Waals surface area contributed by atoms with Crippen molar-refractivity contribution in [1.29, 1.82) is 0 Å². The zero-order chi connectivity index (χ0) is 45.2. The minimum Gasteiger partial charge on any atom is -0.508 e. The van der Waals surface area contributed by atoms with Gasteiger partial charge in [0.05, 0.1) is 18.4 Å². The molecule has 2 fully saturated rings. The highest BCUT2D eigenvalue weighted by Gasteiger charge is 2.48. The fourth-order valence-corrected chi connectivity index (χ4v) is 11.0. The second kappa shape index (κ2) is 22.3. The Kier molecular flexibility index (Phi) is 16.3. The molecule has 3 aromatic rings. The average molecular weight is 920 g/mol. The van der Waals surface area contributed by atoms with Gasteiger partial charge in [0.1, 0.15) is 48.9 Å². The molecule has 1 unspecified atom stereocenters. The number of fused-ring (bicyclic) bond motifs is 1. The van der Waals surface area contributed by atoms with Gasteiger partial charge in [-0.05, 0) is 127 Å². The van der Waals surface area contributed by atoms with Crippen LogP contribution in [0, 0.1) is 41.2 Å². The van der Waals surface area contributed by atoms with Gasteiger partial charge in [-0.25, -0.2) is 18.4 Å². The zero-order valence-electron chi connectivity index (χ0n) is 36.0. The van der Waals surface area contributed by atoms with Crippen molar-refractivity contribution in [2.45, 2.75) is 89.6 Å². The Hall–Kier alpha value is -5.02. The van der Waals surface area contributed by atoms with Gasteiger partial charge in [-0.1, -0.05) is 77.9 Å². The fourth-order valence-electron chi connectivity index (χ4n) is 9.34. The number of amides is 1. The van der Waals surface area contributed by atoms with Crippen molar-refractivity contribution >= 4 is 51.5 Å². The van der Waals surface area contributed by atoms with E-state index in [4.69, 9.17) is 23.7 Å². The SMILES string of the molecule is C[C@H]1C=C2C=C[C@H](C)[C@H](CC[C@@H]3C[C@@H](OC(=O)OCCSSCCOC(=O)O[C@@H](CC[C@H]4C(=O)N(c5ccc(F)cc5)C4c4ccc(O)cc4)c4ccc(F)cc4)CC(=O)O3)[C@H]2CC1. The zero-order valence-corrected chi connectivity index (χ0v) is 37.6. The van der Waals surface area contributed by atoms with Crippen LogP contribution in [0.1, 0.15) is 88.5 Å². The molecule has 11 nitrogen and oxygen atoms in total. The van der Waals surface area contributed by atoms with Gasteiger partial charge in [-0.3, -0.25) is 9.59 Å². The van der Waals surface area contributed by atoms with Crippen LogP contribution >= 0.6 is 21.6 Å². The van der Waals surface area contributed by atoms with Gasteiger partial charge >= 0.3 is 18.3 Å². The number of benzene rings is 3. The Morgan fingerprint density at radius 1 is 0.859 bits per heavy atom. The van der Waals surface area contributed by atoms with Crippen molar-refractivity contribution in [2.24, 2.45) is 29.6 Å². The number of β-lactam (4-membered cyclic amide) rings is 1. The van der Waals surface area contributed by atoms with Crippen LogP contribution in [0.4, 0.5) is 24.1 Å². The predicted molar refractivity (Wildman–Crippen MR) is 240 cm³/mol. The number of allylic oxidation sites excluding steroid dienone is 4. The number of ether oxygens (including phenoxy) is 5. The van der Waals surface area contributed by atoms with Gasteiger partial charge in [0.15, 0.2) is 0 Å². The summed E-state index contributed by atoms with van der Waals surface area (Å²) < 4.78 is 55.1. The Morgan fingerprint density at radius 3 is 2.23 bits per heavy atom. The third-order valence-electron chi connectivity index (χ3n) is 12.6. The Morgan fingerprint density at radius 2 is 1.53 bits per heavy atom. The Bertz CT molecular complexity index is 2140. The van der Waals surface area contributed by atoms with Crippen molar-refractivity contribution in [1.82, 2.24) is 0 Å². The number of carbonyl (C=O) groups is 4. The lowest BCUT2D eigenvalue weighted by Gasteiger charge is -2.48. The highest BCUT2D eigenvalue weighted by molar-refractivity contribution is 8.76. The summed E-state index contributed by atoms with van der Waals surface area (Å²) >= 11 is 0. The van der Waals surface area contributed by atoms with Crippen molar-refractivity contribution in [3.05, 3.63) is 119 Å². The van der Waals surface area contributed by atoms with Crippen LogP contribution in [0.5, 0.6) is 5.75 Å². The maximum atomic E-state index is 13.9. The van der Waals surface area contributed by atoms with Gasteiger partial charge in [-0.2, -0.15) is 0 Å². The third-order valence-corrected chi connectivity index (χ3v) is 14.9. The smallest absolute Gasteiger partial charge is 0.508 e. The van der Waals surface area contributed by atoms with E-state index in [9.17, 15) is 33.1 Å². The largest absolute Gasteiger partial charge is 0.508 e. The molecule has 2 aliphatic heterocycles. The van der Waals surface area contributed by atoms with Crippen molar-refractivity contribution in [3.63, 3.8) is 0 Å². The lowest BCUT2D eigenvalue weighted by atomic mass is 9.66. The maximum Gasteiger partial charge on any atom is 0.508 e. The molecule has 4 aliphatic rings. The molecule has 0 bridgehead atoms. The highest BCUT2D eigenvalue weighted by atomic mass is 33.1. The molecule has 342 valence electrons. The van der Waals surface area contributed by atoms with Gasteiger partial charge in [0, 0.05) is 23.6 Å². The topological polar surface area (TPSA) is 138 Å². The first-order chi connectivity index (χ1) is 30.9. The van der Waals surface area contributed by atoms with E-state index >= 15 is 0 Å². The molecule has 3 aromatic carbocycles. The van der Waals surface area contributed by atoms with E-state index in [0.717, 1.165) is 18.4 Å². The van der Waals surface area contributed by atoms with E-state index < -0.39 is 48.1 Å². The number of hydrogen-bond acceptors (Lipinski definition) is 12. The van der Waals surface area contributed by atoms with E-state index in [2.05, 4.69) is 32.1 Å². The van der Waals surface area contributed by atoms with E-state index in [1.807, 2.05) is 0 Å². The normalized spacial score (nSPS) is 25.6. The molecular formula is C49H55F2NO10S2. The summed E-state index contributed by atoms with van der Waals surface area (Å²) in [6.07, 6.45) is 8.45. The van der Waals surface area contributed by atoms with Crippen LogP contribution in [-0.2, 0) is 33.3 Å². The summed E-state index contributed by atoms with van der Waals surface area (Å²) in [5.74, 6) is 1.02. The number of rotatable bonds is 18. The standard InChI is InChI=1S/C49H55F2NO10S2/c1-30-3-19-42-34(27-30)5-4-31(2)41(42)20-18-39-28-40(29-45(54)60-39)61-48(56)58-23-25-63-64-26-24-59-49(57)62-44(32-6-10-35(50)11-7-32)22-21-43-46(33-8-16-38(53)17-9-33)52(47(43)55)37-14-12-36(51)13-15-37/h4-17,27,30-31,39-44,46,53H,3,18-26,28-29H2,1-2H3/t30-,31+,39-,40-,41+,42+,43-,44+,46?/m1/s1. The number of anilines is 1. The van der Waals surface area contributed by atoms with Crippen LogP contribution in [-0.4, -0.2) is 66.2 Å². The number of halogens is 2. The van der Waals surface area contributed by atoms with Crippen LogP contribution in [0.3, 0.4) is 0 Å². The van der Waals surface area contributed by atoms with Gasteiger partial charge in [0.25, 0.3) is 0 Å². The van der Waals surface area contributed by atoms with E-state index in [0.29, 0.717) is 59.3 Å². The molecule has 0 radical (unpaired) electrons. The number of cyclic esters (lactones) is 1. The van der Waals surface area contributed by atoms with Crippen molar-refractivity contribution in [2.75, 3.05) is 29.6 Å². The summed E-state index contributed by atoms with van der Waals surface area (Å²) in [4.78, 5) is 53.0. The predicted octanol–water partition coefficient (Wildman–Crippen LogP) is 11.2. The fraction of sp³-hybridized carbons (Fsp3) is 0.469.